The summed E-state index contributed by atoms with van der Waals surface area (Å²) in [6.45, 7) is 2.54. The summed E-state index contributed by atoms with van der Waals surface area (Å²) < 4.78 is 37.8. The Morgan fingerprint density at radius 1 is 1.12 bits per heavy atom. The molecule has 0 bridgehead atoms. The normalized spacial score (nSPS) is 14.6. The van der Waals surface area contributed by atoms with Crippen LogP contribution in [0, 0.1) is 17.2 Å². The fourth-order valence-corrected chi connectivity index (χ4v) is 5.27. The van der Waals surface area contributed by atoms with Gasteiger partial charge in [-0.2, -0.15) is 9.57 Å². The first-order chi connectivity index (χ1) is 16.3. The van der Waals surface area contributed by atoms with Crippen LogP contribution in [0.4, 0.5) is 0 Å². The third-order valence-electron chi connectivity index (χ3n) is 5.47. The van der Waals surface area contributed by atoms with E-state index in [1.807, 2.05) is 13.0 Å². The van der Waals surface area contributed by atoms with Gasteiger partial charge in [-0.1, -0.05) is 12.1 Å². The number of hydrazine groups is 1. The molecule has 1 aliphatic rings. The number of benzene rings is 2. The molecule has 0 radical (unpaired) electrons. The summed E-state index contributed by atoms with van der Waals surface area (Å²) >= 11 is 0. The first kappa shape index (κ1) is 25.0. The number of nitrogens with one attached hydrogen (secondary N) is 2. The van der Waals surface area contributed by atoms with Crippen molar-refractivity contribution in [3.63, 3.8) is 0 Å². The number of carbonyl (C=O) groups excluding carboxylic acids is 2. The van der Waals surface area contributed by atoms with Crippen LogP contribution in [-0.4, -0.2) is 51.3 Å². The summed E-state index contributed by atoms with van der Waals surface area (Å²) in [4.78, 5) is 24.9. The predicted octanol–water partition coefficient (Wildman–Crippen LogP) is 1.83. The van der Waals surface area contributed by atoms with Crippen LogP contribution in [0.15, 0.2) is 47.4 Å². The molecule has 1 aliphatic heterocycles. The Morgan fingerprint density at radius 2 is 1.82 bits per heavy atom. The standard InChI is InChI=1S/C23H26N4O6S/c1-3-33-19-9-8-17(14-20(19)32-2)23(29)26-25-22(28)16-10-12-27(13-11-16)34(30,31)21-7-5-4-6-18(21)15-24/h4-9,14,16H,3,10-13H2,1-2H3,(H,25,28)(H,26,29). The van der Waals surface area contributed by atoms with Crippen molar-refractivity contribution >= 4 is 21.8 Å². The summed E-state index contributed by atoms with van der Waals surface area (Å²) in [7, 11) is -2.38. The van der Waals surface area contributed by atoms with Crippen LogP contribution >= 0.6 is 0 Å². The van der Waals surface area contributed by atoms with E-state index in [-0.39, 0.29) is 42.0 Å². The van der Waals surface area contributed by atoms with E-state index < -0.39 is 27.8 Å². The summed E-state index contributed by atoms with van der Waals surface area (Å²) in [5.74, 6) is -0.492. The zero-order valence-electron chi connectivity index (χ0n) is 18.9. The lowest BCUT2D eigenvalue weighted by Crippen LogP contribution is -2.48. The van der Waals surface area contributed by atoms with Crippen LogP contribution in [0.1, 0.15) is 35.7 Å². The number of piperidine rings is 1. The first-order valence-electron chi connectivity index (χ1n) is 10.7. The minimum absolute atomic E-state index is 0.0431. The lowest BCUT2D eigenvalue weighted by atomic mass is 9.98. The quantitative estimate of drug-likeness (QED) is 0.570. The Balaban J connectivity index is 1.56. The SMILES string of the molecule is CCOc1ccc(C(=O)NNC(=O)C2CCN(S(=O)(=O)c3ccccc3C#N)CC2)cc1OC. The molecule has 0 atom stereocenters. The molecule has 11 heteroatoms. The van der Waals surface area contributed by atoms with Gasteiger partial charge in [-0.15, -0.1) is 0 Å². The highest BCUT2D eigenvalue weighted by atomic mass is 32.2. The zero-order chi connectivity index (χ0) is 24.7. The average Bonchev–Trinajstić information content (AvgIpc) is 2.87. The van der Waals surface area contributed by atoms with Gasteiger partial charge < -0.3 is 9.47 Å². The lowest BCUT2D eigenvalue weighted by Gasteiger charge is -2.30. The van der Waals surface area contributed by atoms with E-state index in [4.69, 9.17) is 9.47 Å². The smallest absolute Gasteiger partial charge is 0.269 e. The molecule has 2 aromatic carbocycles. The van der Waals surface area contributed by atoms with Crippen molar-refractivity contribution in [1.82, 2.24) is 15.2 Å². The molecule has 3 rings (SSSR count). The van der Waals surface area contributed by atoms with E-state index in [1.54, 1.807) is 24.3 Å². The second-order valence-electron chi connectivity index (χ2n) is 7.53. The van der Waals surface area contributed by atoms with E-state index in [9.17, 15) is 23.3 Å². The maximum Gasteiger partial charge on any atom is 0.269 e. The number of hydrogen-bond donors (Lipinski definition) is 2. The topological polar surface area (TPSA) is 138 Å². The zero-order valence-corrected chi connectivity index (χ0v) is 19.7. The minimum Gasteiger partial charge on any atom is -0.493 e. The molecule has 34 heavy (non-hydrogen) atoms. The fraction of sp³-hybridized carbons (Fsp3) is 0.348. The van der Waals surface area contributed by atoms with E-state index in [0.717, 1.165) is 0 Å². The molecule has 0 aliphatic carbocycles. The largest absolute Gasteiger partial charge is 0.493 e. The molecule has 2 aromatic rings. The van der Waals surface area contributed by atoms with E-state index in [1.165, 1.54) is 29.6 Å². The van der Waals surface area contributed by atoms with Crippen LogP contribution in [-0.2, 0) is 14.8 Å². The monoisotopic (exact) mass is 486 g/mol. The Labute approximate surface area is 198 Å². The predicted molar refractivity (Wildman–Crippen MR) is 122 cm³/mol. The van der Waals surface area contributed by atoms with E-state index in [2.05, 4.69) is 10.9 Å². The summed E-state index contributed by atoms with van der Waals surface area (Å²) in [6.07, 6.45) is 0.569. The number of amides is 2. The van der Waals surface area contributed by atoms with Crippen LogP contribution in [0.25, 0.3) is 0 Å². The molecule has 1 heterocycles. The maximum atomic E-state index is 12.9. The molecule has 10 nitrogen and oxygen atoms in total. The molecule has 2 amide bonds. The first-order valence-corrected chi connectivity index (χ1v) is 12.2. The van der Waals surface area contributed by atoms with E-state index >= 15 is 0 Å². The van der Waals surface area contributed by atoms with Gasteiger partial charge in [-0.25, -0.2) is 8.42 Å². The Bertz CT molecular complexity index is 1200. The van der Waals surface area contributed by atoms with Gasteiger partial charge in [0.15, 0.2) is 11.5 Å². The average molecular weight is 487 g/mol. The summed E-state index contributed by atoms with van der Waals surface area (Å²) in [5, 5.41) is 9.21. The molecule has 180 valence electrons. The van der Waals surface area contributed by atoms with Gasteiger partial charge in [-0.3, -0.25) is 20.4 Å². The number of nitriles is 1. The number of carbonyl (C=O) groups is 2. The summed E-state index contributed by atoms with van der Waals surface area (Å²) in [5.41, 5.74) is 5.14. The van der Waals surface area contributed by atoms with Gasteiger partial charge in [0.25, 0.3) is 5.91 Å². The maximum absolute atomic E-state index is 12.9. The molecule has 0 aromatic heterocycles. The van der Waals surface area contributed by atoms with Crippen LogP contribution in [0.2, 0.25) is 0 Å². The number of nitrogens with zero attached hydrogens (tertiary/aromatic N) is 2. The Hall–Kier alpha value is -3.62. The van der Waals surface area contributed by atoms with Gasteiger partial charge in [0.2, 0.25) is 15.9 Å². The fourth-order valence-electron chi connectivity index (χ4n) is 3.66. The van der Waals surface area contributed by atoms with Crippen molar-refractivity contribution < 1.29 is 27.5 Å². The molecular weight excluding hydrogens is 460 g/mol. The molecule has 1 saturated heterocycles. The van der Waals surface area contributed by atoms with E-state index in [0.29, 0.717) is 18.1 Å². The van der Waals surface area contributed by atoms with Crippen molar-refractivity contribution in [2.45, 2.75) is 24.7 Å². The second kappa shape index (κ2) is 11.0. The summed E-state index contributed by atoms with van der Waals surface area (Å²) in [6, 6.07) is 12.6. The molecule has 1 fully saturated rings. The van der Waals surface area contributed by atoms with Crippen LogP contribution in [0.3, 0.4) is 0 Å². The van der Waals surface area contributed by atoms with Crippen LogP contribution < -0.4 is 20.3 Å². The third kappa shape index (κ3) is 5.47. The molecule has 0 spiro atoms. The van der Waals surface area contributed by atoms with Crippen molar-refractivity contribution in [1.29, 1.82) is 5.26 Å². The lowest BCUT2D eigenvalue weighted by molar-refractivity contribution is -0.126. The highest BCUT2D eigenvalue weighted by molar-refractivity contribution is 7.89. The highest BCUT2D eigenvalue weighted by Gasteiger charge is 2.33. The number of methoxy groups -OCH3 is 1. The van der Waals surface area contributed by atoms with Gasteiger partial charge in [-0.05, 0) is 50.1 Å². The number of rotatable bonds is 7. The van der Waals surface area contributed by atoms with Crippen LogP contribution in [0.5, 0.6) is 11.5 Å². The third-order valence-corrected chi connectivity index (χ3v) is 7.43. The number of ether oxygens (including phenoxy) is 2. The van der Waals surface area contributed by atoms with Gasteiger partial charge in [0.05, 0.1) is 24.2 Å². The van der Waals surface area contributed by atoms with Gasteiger partial charge >= 0.3 is 0 Å². The minimum atomic E-state index is -3.84. The number of sulfonamides is 1. The number of hydrogen-bond acceptors (Lipinski definition) is 7. The molecule has 2 N–H and O–H groups in total. The van der Waals surface area contributed by atoms with Gasteiger partial charge in [0, 0.05) is 24.6 Å². The van der Waals surface area contributed by atoms with Crippen molar-refractivity contribution in [2.24, 2.45) is 5.92 Å². The van der Waals surface area contributed by atoms with Gasteiger partial charge in [0.1, 0.15) is 6.07 Å². The second-order valence-corrected chi connectivity index (χ2v) is 9.43. The highest BCUT2D eigenvalue weighted by Crippen LogP contribution is 2.28. The van der Waals surface area contributed by atoms with Crippen molar-refractivity contribution in [3.8, 4) is 17.6 Å². The molecule has 0 unspecified atom stereocenters. The molecule has 0 saturated carbocycles. The van der Waals surface area contributed by atoms with Crippen molar-refractivity contribution in [3.05, 3.63) is 53.6 Å². The van der Waals surface area contributed by atoms with Crippen molar-refractivity contribution in [2.75, 3.05) is 26.8 Å². The Morgan fingerprint density at radius 3 is 2.47 bits per heavy atom. The Kier molecular flexibility index (Phi) is 8.09. The molecular formula is C23H26N4O6S.